The summed E-state index contributed by atoms with van der Waals surface area (Å²) in [6, 6.07) is 19.2. The lowest BCUT2D eigenvalue weighted by molar-refractivity contribution is 0.0662. The van der Waals surface area contributed by atoms with Crippen LogP contribution in [0.5, 0.6) is 17.2 Å². The number of hydrogen-bond donors (Lipinski definition) is 1. The van der Waals surface area contributed by atoms with Crippen LogP contribution >= 0.6 is 0 Å². The van der Waals surface area contributed by atoms with Gasteiger partial charge >= 0.3 is 0 Å². The molecule has 1 saturated heterocycles. The van der Waals surface area contributed by atoms with E-state index < -0.39 is 6.10 Å². The fourth-order valence-electron chi connectivity index (χ4n) is 3.93. The summed E-state index contributed by atoms with van der Waals surface area (Å²) in [6.45, 7) is 10.6. The van der Waals surface area contributed by atoms with Crippen molar-refractivity contribution in [2.24, 2.45) is 0 Å². The van der Waals surface area contributed by atoms with E-state index in [0.717, 1.165) is 55.0 Å². The quantitative estimate of drug-likeness (QED) is 0.509. The topological polar surface area (TPSA) is 71.0 Å². The van der Waals surface area contributed by atoms with Gasteiger partial charge in [0.2, 0.25) is 0 Å². The molecule has 1 aliphatic rings. The molecular formula is C27H34N4O3. The maximum atomic E-state index is 10.5. The molecule has 0 radical (unpaired) electrons. The number of nitrogens with zero attached hydrogens (tertiary/aromatic N) is 4. The van der Waals surface area contributed by atoms with Crippen molar-refractivity contribution in [3.63, 3.8) is 0 Å². The fraction of sp³-hybridized carbons (Fsp3) is 0.407. The van der Waals surface area contributed by atoms with Crippen LogP contribution in [-0.4, -0.2) is 65.4 Å². The van der Waals surface area contributed by atoms with Crippen LogP contribution in [-0.2, 0) is 0 Å². The number of benzene rings is 2. The summed E-state index contributed by atoms with van der Waals surface area (Å²) >= 11 is 0. The van der Waals surface area contributed by atoms with Gasteiger partial charge < -0.3 is 19.5 Å². The molecule has 0 bridgehead atoms. The molecule has 1 N–H and O–H groups in total. The molecule has 1 fully saturated rings. The van der Waals surface area contributed by atoms with Gasteiger partial charge in [0, 0.05) is 50.4 Å². The molecule has 1 aliphatic heterocycles. The lowest BCUT2D eigenvalue weighted by Gasteiger charge is -2.36. The minimum absolute atomic E-state index is 0.252. The first-order valence-electron chi connectivity index (χ1n) is 11.9. The van der Waals surface area contributed by atoms with Crippen molar-refractivity contribution < 1.29 is 14.6 Å². The number of hydrogen-bond acceptors (Lipinski definition) is 7. The van der Waals surface area contributed by atoms with Crippen molar-refractivity contribution >= 4 is 5.82 Å². The van der Waals surface area contributed by atoms with Crippen molar-refractivity contribution in [2.75, 3.05) is 44.2 Å². The summed E-state index contributed by atoms with van der Waals surface area (Å²) in [6.07, 6.45) is -0.555. The molecule has 0 saturated carbocycles. The number of aliphatic hydroxyl groups excluding tert-OH is 1. The number of rotatable bonds is 9. The Bertz CT molecular complexity index is 1040. The zero-order valence-electron chi connectivity index (χ0n) is 20.2. The predicted molar refractivity (Wildman–Crippen MR) is 134 cm³/mol. The molecule has 2 aromatic carbocycles. The van der Waals surface area contributed by atoms with Crippen LogP contribution in [0.2, 0.25) is 0 Å². The third-order valence-electron chi connectivity index (χ3n) is 5.78. The van der Waals surface area contributed by atoms with Gasteiger partial charge in [0.25, 0.3) is 0 Å². The Morgan fingerprint density at radius 1 is 0.882 bits per heavy atom. The van der Waals surface area contributed by atoms with E-state index in [1.807, 2.05) is 61.5 Å². The number of aromatic nitrogens is 2. The van der Waals surface area contributed by atoms with Crippen molar-refractivity contribution in [1.82, 2.24) is 14.9 Å². The van der Waals surface area contributed by atoms with Gasteiger partial charge in [-0.15, -0.1) is 0 Å². The Morgan fingerprint density at radius 2 is 1.53 bits per heavy atom. The molecule has 1 aromatic heterocycles. The van der Waals surface area contributed by atoms with E-state index in [1.165, 1.54) is 0 Å². The highest BCUT2D eigenvalue weighted by molar-refractivity contribution is 5.40. The first-order chi connectivity index (χ1) is 16.5. The van der Waals surface area contributed by atoms with Crippen molar-refractivity contribution in [3.8, 4) is 17.2 Å². The summed E-state index contributed by atoms with van der Waals surface area (Å²) in [5.74, 6) is 4.45. The molecule has 1 unspecified atom stereocenters. The van der Waals surface area contributed by atoms with Gasteiger partial charge in [-0.1, -0.05) is 32.0 Å². The first-order valence-corrected chi connectivity index (χ1v) is 11.9. The van der Waals surface area contributed by atoms with E-state index in [0.29, 0.717) is 18.2 Å². The van der Waals surface area contributed by atoms with Gasteiger partial charge in [0.15, 0.2) is 0 Å². The molecule has 4 rings (SSSR count). The lowest BCUT2D eigenvalue weighted by Crippen LogP contribution is -2.49. The van der Waals surface area contributed by atoms with Crippen LogP contribution in [0.25, 0.3) is 0 Å². The van der Waals surface area contributed by atoms with Gasteiger partial charge in [-0.3, -0.25) is 4.90 Å². The van der Waals surface area contributed by atoms with Crippen LogP contribution in [0, 0.1) is 6.92 Å². The zero-order chi connectivity index (χ0) is 23.9. The molecular weight excluding hydrogens is 428 g/mol. The third kappa shape index (κ3) is 6.68. The largest absolute Gasteiger partial charge is 0.491 e. The van der Waals surface area contributed by atoms with E-state index in [2.05, 4.69) is 34.7 Å². The monoisotopic (exact) mass is 462 g/mol. The molecule has 7 heteroatoms. The Hall–Kier alpha value is -3.16. The second-order valence-corrected chi connectivity index (χ2v) is 9.02. The van der Waals surface area contributed by atoms with E-state index in [4.69, 9.17) is 14.5 Å². The molecule has 0 aliphatic carbocycles. The van der Waals surface area contributed by atoms with Crippen molar-refractivity contribution in [2.45, 2.75) is 32.8 Å². The molecule has 180 valence electrons. The zero-order valence-corrected chi connectivity index (χ0v) is 20.2. The summed E-state index contributed by atoms with van der Waals surface area (Å²) < 4.78 is 11.6. The van der Waals surface area contributed by atoms with Gasteiger partial charge in [-0.25, -0.2) is 9.97 Å². The minimum atomic E-state index is -0.555. The van der Waals surface area contributed by atoms with Crippen molar-refractivity contribution in [1.29, 1.82) is 0 Å². The van der Waals surface area contributed by atoms with Gasteiger partial charge in [-0.05, 0) is 43.3 Å². The number of β-amino-alcohol motifs (C(OH)–C–C–N with tert-alkyl or cyclic N) is 1. The minimum Gasteiger partial charge on any atom is -0.491 e. The number of ether oxygens (including phenoxy) is 2. The molecule has 0 amide bonds. The van der Waals surface area contributed by atoms with Crippen LogP contribution in [0.1, 0.15) is 31.3 Å². The molecule has 1 atom stereocenters. The number of aliphatic hydroxyl groups is 1. The Balaban J connectivity index is 1.21. The first kappa shape index (κ1) is 24.0. The fourth-order valence-corrected chi connectivity index (χ4v) is 3.93. The molecule has 0 spiro atoms. The molecule has 7 nitrogen and oxygen atoms in total. The normalized spacial score (nSPS) is 15.4. The second kappa shape index (κ2) is 11.3. The number of piperazine rings is 1. The predicted octanol–water partition coefficient (Wildman–Crippen LogP) is 4.26. The lowest BCUT2D eigenvalue weighted by atomic mass is 10.2. The average molecular weight is 463 g/mol. The summed E-state index contributed by atoms with van der Waals surface area (Å²) in [7, 11) is 0. The number of para-hydroxylation sites is 1. The Morgan fingerprint density at radius 3 is 2.21 bits per heavy atom. The van der Waals surface area contributed by atoms with E-state index >= 15 is 0 Å². The highest BCUT2D eigenvalue weighted by Gasteiger charge is 2.21. The molecule has 2 heterocycles. The number of aryl methyl sites for hydroxylation is 1. The van der Waals surface area contributed by atoms with Crippen LogP contribution < -0.4 is 14.4 Å². The Labute approximate surface area is 202 Å². The molecule has 34 heavy (non-hydrogen) atoms. The Kier molecular flexibility index (Phi) is 7.98. The van der Waals surface area contributed by atoms with E-state index in [-0.39, 0.29) is 6.61 Å². The van der Waals surface area contributed by atoms with Gasteiger partial charge in [-0.2, -0.15) is 0 Å². The summed E-state index contributed by atoms with van der Waals surface area (Å²) in [4.78, 5) is 13.9. The van der Waals surface area contributed by atoms with Crippen LogP contribution in [0.15, 0.2) is 60.7 Å². The maximum absolute atomic E-state index is 10.5. The summed E-state index contributed by atoms with van der Waals surface area (Å²) in [5, 5.41) is 10.5. The van der Waals surface area contributed by atoms with Crippen LogP contribution in [0.4, 0.5) is 5.82 Å². The average Bonchev–Trinajstić information content (AvgIpc) is 2.84. The van der Waals surface area contributed by atoms with Crippen LogP contribution in [0.3, 0.4) is 0 Å². The molecule has 3 aromatic rings. The van der Waals surface area contributed by atoms with Gasteiger partial charge in [0.05, 0.1) is 0 Å². The SMILES string of the molecule is Cc1cc(N2CCN(CC(O)COc3ccc(Oc4ccccc4)cc3)CC2)nc(C(C)C)n1. The smallest absolute Gasteiger partial charge is 0.133 e. The highest BCUT2D eigenvalue weighted by Crippen LogP contribution is 2.24. The highest BCUT2D eigenvalue weighted by atomic mass is 16.5. The second-order valence-electron chi connectivity index (χ2n) is 9.02. The van der Waals surface area contributed by atoms with Gasteiger partial charge in [0.1, 0.15) is 41.6 Å². The standard InChI is InChI=1S/C27H34N4O3/c1-20(2)27-28-21(3)17-26(29-27)31-15-13-30(14-16-31)18-22(32)19-33-23-9-11-25(12-10-23)34-24-7-5-4-6-8-24/h4-12,17,20,22,32H,13-16,18-19H2,1-3H3. The van der Waals surface area contributed by atoms with E-state index in [1.54, 1.807) is 0 Å². The third-order valence-corrected chi connectivity index (χ3v) is 5.78. The maximum Gasteiger partial charge on any atom is 0.133 e. The summed E-state index contributed by atoms with van der Waals surface area (Å²) in [5.41, 5.74) is 1.00. The van der Waals surface area contributed by atoms with Crippen molar-refractivity contribution in [3.05, 3.63) is 72.2 Å². The van der Waals surface area contributed by atoms with E-state index in [9.17, 15) is 5.11 Å². The number of anilines is 1.